The van der Waals surface area contributed by atoms with Gasteiger partial charge in [-0.05, 0) is 37.4 Å². The molecule has 3 nitrogen and oxygen atoms in total. The molecule has 18 heavy (non-hydrogen) atoms. The number of nitrogens with two attached hydrogens (primary N) is 1. The van der Waals surface area contributed by atoms with Gasteiger partial charge in [0, 0.05) is 31.0 Å². The molecule has 2 rings (SSSR count). The van der Waals surface area contributed by atoms with E-state index >= 15 is 0 Å². The van der Waals surface area contributed by atoms with Crippen molar-refractivity contribution in [3.05, 3.63) is 30.1 Å². The Bertz CT molecular complexity index is 337. The zero-order chi connectivity index (χ0) is 12.8. The fraction of sp³-hybridized carbons (Fsp3) is 0.667. The highest BCUT2D eigenvalue weighted by atomic mass is 15.2. The van der Waals surface area contributed by atoms with Crippen LogP contribution in [0.25, 0.3) is 0 Å². The molecular formula is C15H25N3. The molecule has 0 aromatic carbocycles. The molecule has 0 bridgehead atoms. The van der Waals surface area contributed by atoms with Crippen molar-refractivity contribution < 1.29 is 0 Å². The maximum absolute atomic E-state index is 6.02. The first-order valence-corrected chi connectivity index (χ1v) is 7.22. The minimum Gasteiger partial charge on any atom is -0.329 e. The predicted molar refractivity (Wildman–Crippen MR) is 75.3 cm³/mol. The third kappa shape index (κ3) is 3.09. The number of rotatable bonds is 5. The minimum absolute atomic E-state index is 0.343. The van der Waals surface area contributed by atoms with Gasteiger partial charge >= 0.3 is 0 Å². The van der Waals surface area contributed by atoms with E-state index in [0.29, 0.717) is 18.6 Å². The molecule has 0 saturated carbocycles. The maximum atomic E-state index is 6.02. The standard InChI is InChI=1S/C15H25N3/c1-2-6-14-8-3-4-10-18(14)15(11-16)13-7-5-9-17-12-13/h5,7,9,12,14-15H,2-4,6,8,10-11,16H2,1H3. The SMILES string of the molecule is CCCC1CCCCN1C(CN)c1cccnc1. The van der Waals surface area contributed by atoms with Crippen LogP contribution in [0.4, 0.5) is 0 Å². The monoisotopic (exact) mass is 247 g/mol. The van der Waals surface area contributed by atoms with Crippen LogP contribution in [0.15, 0.2) is 24.5 Å². The largest absolute Gasteiger partial charge is 0.329 e. The number of likely N-dealkylation sites (tertiary alicyclic amines) is 1. The first kappa shape index (κ1) is 13.5. The first-order chi connectivity index (χ1) is 8.86. The molecule has 0 spiro atoms. The van der Waals surface area contributed by atoms with Crippen molar-refractivity contribution >= 4 is 0 Å². The number of nitrogens with zero attached hydrogens (tertiary/aromatic N) is 2. The van der Waals surface area contributed by atoms with Gasteiger partial charge in [0.1, 0.15) is 0 Å². The smallest absolute Gasteiger partial charge is 0.0488 e. The average Bonchev–Trinajstić information content (AvgIpc) is 2.43. The van der Waals surface area contributed by atoms with Crippen molar-refractivity contribution in [2.75, 3.05) is 13.1 Å². The molecular weight excluding hydrogens is 222 g/mol. The molecule has 2 atom stereocenters. The van der Waals surface area contributed by atoms with E-state index in [4.69, 9.17) is 5.73 Å². The second kappa shape index (κ2) is 6.86. The quantitative estimate of drug-likeness (QED) is 0.870. The summed E-state index contributed by atoms with van der Waals surface area (Å²) in [4.78, 5) is 6.85. The summed E-state index contributed by atoms with van der Waals surface area (Å²) < 4.78 is 0. The highest BCUT2D eigenvalue weighted by Gasteiger charge is 2.28. The summed E-state index contributed by atoms with van der Waals surface area (Å²) in [5.41, 5.74) is 7.29. The van der Waals surface area contributed by atoms with Gasteiger partial charge in [-0.25, -0.2) is 0 Å². The van der Waals surface area contributed by atoms with E-state index in [-0.39, 0.29) is 0 Å². The molecule has 0 radical (unpaired) electrons. The molecule has 2 unspecified atom stereocenters. The Morgan fingerprint density at radius 1 is 1.50 bits per heavy atom. The molecule has 3 heteroatoms. The Hall–Kier alpha value is -0.930. The number of hydrogen-bond donors (Lipinski definition) is 1. The molecule has 0 aliphatic carbocycles. The van der Waals surface area contributed by atoms with Gasteiger partial charge in [-0.1, -0.05) is 25.8 Å². The lowest BCUT2D eigenvalue weighted by Crippen LogP contribution is -2.44. The Kier molecular flexibility index (Phi) is 5.14. The Balaban J connectivity index is 2.14. The number of piperidine rings is 1. The highest BCUT2D eigenvalue weighted by molar-refractivity contribution is 5.15. The van der Waals surface area contributed by atoms with Crippen molar-refractivity contribution in [1.82, 2.24) is 9.88 Å². The van der Waals surface area contributed by atoms with E-state index in [0.717, 1.165) is 0 Å². The van der Waals surface area contributed by atoms with Crippen LogP contribution >= 0.6 is 0 Å². The van der Waals surface area contributed by atoms with Crippen LogP contribution in [-0.2, 0) is 0 Å². The van der Waals surface area contributed by atoms with Crippen LogP contribution in [0.3, 0.4) is 0 Å². The summed E-state index contributed by atoms with van der Waals surface area (Å²) in [5, 5.41) is 0. The number of hydrogen-bond acceptors (Lipinski definition) is 3. The molecule has 100 valence electrons. The molecule has 1 saturated heterocycles. The van der Waals surface area contributed by atoms with Gasteiger partial charge < -0.3 is 5.73 Å². The number of pyridine rings is 1. The van der Waals surface area contributed by atoms with Gasteiger partial charge in [0.15, 0.2) is 0 Å². The topological polar surface area (TPSA) is 42.1 Å². The van der Waals surface area contributed by atoms with Crippen molar-refractivity contribution in [2.45, 2.75) is 51.1 Å². The summed E-state index contributed by atoms with van der Waals surface area (Å²) in [6.07, 6.45) is 10.3. The van der Waals surface area contributed by atoms with Crippen LogP contribution in [0, 0.1) is 0 Å². The minimum atomic E-state index is 0.343. The number of aromatic nitrogens is 1. The van der Waals surface area contributed by atoms with Gasteiger partial charge in [-0.15, -0.1) is 0 Å². The third-order valence-corrected chi connectivity index (χ3v) is 3.99. The van der Waals surface area contributed by atoms with Gasteiger partial charge in [-0.3, -0.25) is 9.88 Å². The van der Waals surface area contributed by atoms with Crippen LogP contribution in [0.1, 0.15) is 50.6 Å². The summed E-state index contributed by atoms with van der Waals surface area (Å²) >= 11 is 0. The van der Waals surface area contributed by atoms with Crippen LogP contribution in [-0.4, -0.2) is 29.0 Å². The van der Waals surface area contributed by atoms with Crippen molar-refractivity contribution in [3.8, 4) is 0 Å². The molecule has 2 N–H and O–H groups in total. The van der Waals surface area contributed by atoms with Crippen LogP contribution in [0.5, 0.6) is 0 Å². The zero-order valence-corrected chi connectivity index (χ0v) is 11.4. The Labute approximate surface area is 110 Å². The van der Waals surface area contributed by atoms with Crippen LogP contribution < -0.4 is 5.73 Å². The van der Waals surface area contributed by atoms with Crippen molar-refractivity contribution in [1.29, 1.82) is 0 Å². The van der Waals surface area contributed by atoms with Crippen molar-refractivity contribution in [2.24, 2.45) is 5.73 Å². The molecule has 1 fully saturated rings. The fourth-order valence-electron chi connectivity index (χ4n) is 3.11. The lowest BCUT2D eigenvalue weighted by Gasteiger charge is -2.41. The Morgan fingerprint density at radius 3 is 3.06 bits per heavy atom. The van der Waals surface area contributed by atoms with E-state index in [1.54, 1.807) is 0 Å². The summed E-state index contributed by atoms with van der Waals surface area (Å²) in [6, 6.07) is 5.21. The lowest BCUT2D eigenvalue weighted by molar-refractivity contribution is 0.0911. The molecule has 0 amide bonds. The third-order valence-electron chi connectivity index (χ3n) is 3.99. The second-order valence-electron chi connectivity index (χ2n) is 5.21. The molecule has 1 aliphatic heterocycles. The van der Waals surface area contributed by atoms with Gasteiger partial charge in [0.05, 0.1) is 0 Å². The summed E-state index contributed by atoms with van der Waals surface area (Å²) in [6.45, 7) is 4.14. The van der Waals surface area contributed by atoms with Gasteiger partial charge in [0.2, 0.25) is 0 Å². The fourth-order valence-corrected chi connectivity index (χ4v) is 3.11. The normalized spacial score (nSPS) is 22.9. The van der Waals surface area contributed by atoms with E-state index in [1.807, 2.05) is 18.5 Å². The predicted octanol–water partition coefficient (Wildman–Crippen LogP) is 2.74. The summed E-state index contributed by atoms with van der Waals surface area (Å²) in [7, 11) is 0. The summed E-state index contributed by atoms with van der Waals surface area (Å²) in [5.74, 6) is 0. The second-order valence-corrected chi connectivity index (χ2v) is 5.21. The zero-order valence-electron chi connectivity index (χ0n) is 11.4. The molecule has 2 heterocycles. The first-order valence-electron chi connectivity index (χ1n) is 7.22. The van der Waals surface area contributed by atoms with Crippen molar-refractivity contribution in [3.63, 3.8) is 0 Å². The van der Waals surface area contributed by atoms with E-state index in [2.05, 4.69) is 22.9 Å². The van der Waals surface area contributed by atoms with Crippen LogP contribution in [0.2, 0.25) is 0 Å². The van der Waals surface area contributed by atoms with Gasteiger partial charge in [0.25, 0.3) is 0 Å². The van der Waals surface area contributed by atoms with E-state index in [9.17, 15) is 0 Å². The van der Waals surface area contributed by atoms with E-state index in [1.165, 1.54) is 44.2 Å². The maximum Gasteiger partial charge on any atom is 0.0488 e. The van der Waals surface area contributed by atoms with Gasteiger partial charge in [-0.2, -0.15) is 0 Å². The average molecular weight is 247 g/mol. The Morgan fingerprint density at radius 2 is 2.39 bits per heavy atom. The van der Waals surface area contributed by atoms with E-state index < -0.39 is 0 Å². The highest BCUT2D eigenvalue weighted by Crippen LogP contribution is 2.29. The molecule has 1 aromatic heterocycles. The molecule has 1 aromatic rings. The lowest BCUT2D eigenvalue weighted by atomic mass is 9.94. The molecule has 1 aliphatic rings.